The van der Waals surface area contributed by atoms with Crippen LogP contribution in [0.3, 0.4) is 0 Å². The van der Waals surface area contributed by atoms with E-state index in [-0.39, 0.29) is 5.91 Å². The van der Waals surface area contributed by atoms with Gasteiger partial charge in [0.1, 0.15) is 0 Å². The molecule has 3 aliphatic heterocycles. The van der Waals surface area contributed by atoms with Crippen LogP contribution in [-0.2, 0) is 4.74 Å². The molecule has 4 nitrogen and oxygen atoms in total. The number of hydrogen-bond acceptors (Lipinski definition) is 3. The summed E-state index contributed by atoms with van der Waals surface area (Å²) in [5.74, 6) is 1.45. The van der Waals surface area contributed by atoms with Crippen molar-refractivity contribution in [3.05, 3.63) is 35.4 Å². The zero-order valence-corrected chi connectivity index (χ0v) is 19.3. The zero-order chi connectivity index (χ0) is 21.3. The van der Waals surface area contributed by atoms with Crippen LogP contribution < -0.4 is 0 Å². The van der Waals surface area contributed by atoms with Gasteiger partial charge in [-0.1, -0.05) is 39.8 Å². The van der Waals surface area contributed by atoms with Gasteiger partial charge in [-0.25, -0.2) is 0 Å². The molecule has 0 aromatic heterocycles. The predicted molar refractivity (Wildman–Crippen MR) is 122 cm³/mol. The Labute approximate surface area is 183 Å². The molecule has 0 aliphatic carbocycles. The Morgan fingerprint density at radius 1 is 0.933 bits per heavy atom. The van der Waals surface area contributed by atoms with Crippen molar-refractivity contribution in [3.63, 3.8) is 0 Å². The van der Waals surface area contributed by atoms with Gasteiger partial charge in [0.2, 0.25) is 0 Å². The number of piperidine rings is 2. The SMILES string of the molecule is CC(C)CN1CCC(OC2C[C@H]3CC[C@@H](C2)N3C(=O)c2ccc(C(C)C)cc2)CC1. The molecule has 0 saturated carbocycles. The minimum atomic E-state index is 0.221. The molecule has 3 aliphatic rings. The molecule has 3 heterocycles. The van der Waals surface area contributed by atoms with Gasteiger partial charge in [0.15, 0.2) is 0 Å². The van der Waals surface area contributed by atoms with Gasteiger partial charge in [-0.05, 0) is 68.1 Å². The molecule has 30 heavy (non-hydrogen) atoms. The first-order valence-electron chi connectivity index (χ1n) is 12.2. The van der Waals surface area contributed by atoms with E-state index in [0.29, 0.717) is 30.2 Å². The molecular formula is C26H40N2O2. The number of carbonyl (C=O) groups excluding carboxylic acids is 1. The fourth-order valence-corrected chi connectivity index (χ4v) is 5.75. The van der Waals surface area contributed by atoms with Crippen LogP contribution in [0.4, 0.5) is 0 Å². The second-order valence-electron chi connectivity index (χ2n) is 10.5. The first-order chi connectivity index (χ1) is 14.4. The molecule has 3 saturated heterocycles. The van der Waals surface area contributed by atoms with Crippen LogP contribution in [0, 0.1) is 5.92 Å². The minimum absolute atomic E-state index is 0.221. The Morgan fingerprint density at radius 3 is 2.07 bits per heavy atom. The highest BCUT2D eigenvalue weighted by molar-refractivity contribution is 5.95. The van der Waals surface area contributed by atoms with Crippen LogP contribution >= 0.6 is 0 Å². The summed E-state index contributed by atoms with van der Waals surface area (Å²) in [5, 5.41) is 0. The maximum absolute atomic E-state index is 13.2. The number of rotatable bonds is 6. The lowest BCUT2D eigenvalue weighted by Gasteiger charge is -2.41. The average Bonchev–Trinajstić information content (AvgIpc) is 2.99. The van der Waals surface area contributed by atoms with Gasteiger partial charge < -0.3 is 14.5 Å². The molecule has 1 aromatic carbocycles. The van der Waals surface area contributed by atoms with Gasteiger partial charge >= 0.3 is 0 Å². The Morgan fingerprint density at radius 2 is 1.53 bits per heavy atom. The van der Waals surface area contributed by atoms with Crippen molar-refractivity contribution in [3.8, 4) is 0 Å². The van der Waals surface area contributed by atoms with Crippen LogP contribution in [0.1, 0.15) is 88.1 Å². The highest BCUT2D eigenvalue weighted by atomic mass is 16.5. The number of nitrogens with zero attached hydrogens (tertiary/aromatic N) is 2. The molecule has 166 valence electrons. The summed E-state index contributed by atoms with van der Waals surface area (Å²) < 4.78 is 6.58. The van der Waals surface area contributed by atoms with E-state index in [0.717, 1.165) is 50.0 Å². The topological polar surface area (TPSA) is 32.8 Å². The van der Waals surface area contributed by atoms with Crippen LogP contribution in [-0.4, -0.2) is 59.6 Å². The van der Waals surface area contributed by atoms with Crippen molar-refractivity contribution in [2.45, 2.75) is 96.4 Å². The lowest BCUT2D eigenvalue weighted by atomic mass is 9.96. The number of benzene rings is 1. The van der Waals surface area contributed by atoms with Crippen molar-refractivity contribution >= 4 is 5.91 Å². The maximum Gasteiger partial charge on any atom is 0.254 e. The molecule has 1 unspecified atom stereocenters. The van der Waals surface area contributed by atoms with E-state index in [1.165, 1.54) is 25.2 Å². The van der Waals surface area contributed by atoms with Gasteiger partial charge in [0.25, 0.3) is 5.91 Å². The predicted octanol–water partition coefficient (Wildman–Crippen LogP) is 5.08. The third-order valence-electron chi connectivity index (χ3n) is 7.29. The van der Waals surface area contributed by atoms with E-state index in [4.69, 9.17) is 4.74 Å². The molecule has 3 atom stereocenters. The van der Waals surface area contributed by atoms with Gasteiger partial charge in [-0.2, -0.15) is 0 Å². The standard InChI is InChI=1S/C26H40N2O2/c1-18(2)17-27-13-11-24(12-14-27)30-25-15-22-9-10-23(16-25)28(22)26(29)21-7-5-20(6-8-21)19(3)4/h5-8,18-19,22-25H,9-17H2,1-4H3/t22-,23+,25?. The summed E-state index contributed by atoms with van der Waals surface area (Å²) in [5.41, 5.74) is 2.13. The van der Waals surface area contributed by atoms with Gasteiger partial charge in [-0.3, -0.25) is 4.79 Å². The number of likely N-dealkylation sites (tertiary alicyclic amines) is 1. The van der Waals surface area contributed by atoms with Crippen molar-refractivity contribution in [2.24, 2.45) is 5.92 Å². The highest BCUT2D eigenvalue weighted by Gasteiger charge is 2.44. The Bertz CT molecular complexity index is 692. The van der Waals surface area contributed by atoms with E-state index < -0.39 is 0 Å². The van der Waals surface area contributed by atoms with Crippen molar-refractivity contribution < 1.29 is 9.53 Å². The van der Waals surface area contributed by atoms with E-state index >= 15 is 0 Å². The van der Waals surface area contributed by atoms with Crippen molar-refractivity contribution in [2.75, 3.05) is 19.6 Å². The van der Waals surface area contributed by atoms with E-state index in [9.17, 15) is 4.79 Å². The summed E-state index contributed by atoms with van der Waals surface area (Å²) in [6.07, 6.45) is 7.34. The van der Waals surface area contributed by atoms with Crippen LogP contribution in [0.25, 0.3) is 0 Å². The second kappa shape index (κ2) is 9.40. The van der Waals surface area contributed by atoms with Crippen LogP contribution in [0.15, 0.2) is 24.3 Å². The summed E-state index contributed by atoms with van der Waals surface area (Å²) in [6.45, 7) is 12.5. The van der Waals surface area contributed by atoms with E-state index in [1.807, 2.05) is 12.1 Å². The van der Waals surface area contributed by atoms with E-state index in [2.05, 4.69) is 49.6 Å². The number of hydrogen-bond donors (Lipinski definition) is 0. The second-order valence-corrected chi connectivity index (χ2v) is 10.5. The third kappa shape index (κ3) is 4.91. The molecule has 0 N–H and O–H groups in total. The van der Waals surface area contributed by atoms with Gasteiger partial charge in [-0.15, -0.1) is 0 Å². The summed E-state index contributed by atoms with van der Waals surface area (Å²) >= 11 is 0. The highest BCUT2D eigenvalue weighted by Crippen LogP contribution is 2.39. The molecule has 4 rings (SSSR count). The molecule has 3 fully saturated rings. The van der Waals surface area contributed by atoms with Crippen LogP contribution in [0.2, 0.25) is 0 Å². The zero-order valence-electron chi connectivity index (χ0n) is 19.3. The summed E-state index contributed by atoms with van der Waals surface area (Å²) in [6, 6.07) is 8.97. The average molecular weight is 413 g/mol. The lowest BCUT2D eigenvalue weighted by molar-refractivity contribution is -0.0749. The Hall–Kier alpha value is -1.39. The maximum atomic E-state index is 13.2. The first kappa shape index (κ1) is 21.8. The van der Waals surface area contributed by atoms with Gasteiger partial charge in [0.05, 0.1) is 12.2 Å². The minimum Gasteiger partial charge on any atom is -0.375 e. The third-order valence-corrected chi connectivity index (χ3v) is 7.29. The molecular weight excluding hydrogens is 372 g/mol. The first-order valence-corrected chi connectivity index (χ1v) is 12.2. The molecule has 4 heteroatoms. The quantitative estimate of drug-likeness (QED) is 0.653. The number of amides is 1. The lowest BCUT2D eigenvalue weighted by Crippen LogP contribution is -2.49. The summed E-state index contributed by atoms with van der Waals surface area (Å²) in [4.78, 5) is 18.0. The fourth-order valence-electron chi connectivity index (χ4n) is 5.75. The number of fused-ring (bicyclic) bond motifs is 2. The van der Waals surface area contributed by atoms with Crippen LogP contribution in [0.5, 0.6) is 0 Å². The fraction of sp³-hybridized carbons (Fsp3) is 0.731. The molecule has 0 spiro atoms. The summed E-state index contributed by atoms with van der Waals surface area (Å²) in [7, 11) is 0. The van der Waals surface area contributed by atoms with Crippen molar-refractivity contribution in [1.82, 2.24) is 9.80 Å². The molecule has 1 aromatic rings. The van der Waals surface area contributed by atoms with Gasteiger partial charge in [0, 0.05) is 37.3 Å². The number of ether oxygens (including phenoxy) is 1. The largest absolute Gasteiger partial charge is 0.375 e. The smallest absolute Gasteiger partial charge is 0.254 e. The van der Waals surface area contributed by atoms with Crippen molar-refractivity contribution in [1.29, 1.82) is 0 Å². The number of carbonyl (C=O) groups is 1. The van der Waals surface area contributed by atoms with E-state index in [1.54, 1.807) is 0 Å². The Balaban J connectivity index is 1.31. The molecule has 1 amide bonds. The molecule has 2 bridgehead atoms. The monoisotopic (exact) mass is 412 g/mol. The molecule has 0 radical (unpaired) electrons. The Kier molecular flexibility index (Phi) is 6.84. The normalized spacial score (nSPS) is 27.9.